The van der Waals surface area contributed by atoms with Gasteiger partial charge in [0.05, 0.1) is 7.11 Å². The molecular weight excluding hydrogens is 254 g/mol. The van der Waals surface area contributed by atoms with E-state index in [0.717, 1.165) is 11.1 Å². The fourth-order valence-corrected chi connectivity index (χ4v) is 2.08. The van der Waals surface area contributed by atoms with Crippen LogP contribution in [0.15, 0.2) is 42.6 Å². The molecule has 3 rings (SSSR count). The van der Waals surface area contributed by atoms with E-state index < -0.39 is 5.97 Å². The van der Waals surface area contributed by atoms with Crippen molar-refractivity contribution in [1.29, 1.82) is 0 Å². The SMILES string of the molecule is COC(=O)c1cccn2nc(-c3cccc(C)c3)nc12. The second-order valence-corrected chi connectivity index (χ2v) is 4.49. The highest BCUT2D eigenvalue weighted by Crippen LogP contribution is 2.19. The van der Waals surface area contributed by atoms with Crippen LogP contribution in [0.3, 0.4) is 0 Å². The van der Waals surface area contributed by atoms with E-state index in [0.29, 0.717) is 17.0 Å². The number of esters is 1. The normalized spacial score (nSPS) is 10.7. The summed E-state index contributed by atoms with van der Waals surface area (Å²) in [4.78, 5) is 16.2. The fourth-order valence-electron chi connectivity index (χ4n) is 2.08. The molecular formula is C15H13N3O2. The number of benzene rings is 1. The van der Waals surface area contributed by atoms with Crippen LogP contribution in [0.1, 0.15) is 15.9 Å². The van der Waals surface area contributed by atoms with Crippen LogP contribution in [0.2, 0.25) is 0 Å². The molecule has 0 radical (unpaired) electrons. The smallest absolute Gasteiger partial charge is 0.341 e. The Morgan fingerprint density at radius 3 is 2.85 bits per heavy atom. The second-order valence-electron chi connectivity index (χ2n) is 4.49. The highest BCUT2D eigenvalue weighted by atomic mass is 16.5. The molecule has 0 atom stereocenters. The van der Waals surface area contributed by atoms with E-state index in [4.69, 9.17) is 4.74 Å². The highest BCUT2D eigenvalue weighted by Gasteiger charge is 2.15. The van der Waals surface area contributed by atoms with E-state index in [9.17, 15) is 4.79 Å². The van der Waals surface area contributed by atoms with Crippen molar-refractivity contribution in [3.63, 3.8) is 0 Å². The number of hydrogen-bond acceptors (Lipinski definition) is 4. The number of fused-ring (bicyclic) bond motifs is 1. The number of hydrogen-bond donors (Lipinski definition) is 0. The number of ether oxygens (including phenoxy) is 1. The van der Waals surface area contributed by atoms with Gasteiger partial charge >= 0.3 is 5.97 Å². The largest absolute Gasteiger partial charge is 0.465 e. The maximum Gasteiger partial charge on any atom is 0.341 e. The van der Waals surface area contributed by atoms with Crippen molar-refractivity contribution in [2.75, 3.05) is 7.11 Å². The lowest BCUT2D eigenvalue weighted by atomic mass is 10.1. The predicted octanol–water partition coefficient (Wildman–Crippen LogP) is 2.49. The van der Waals surface area contributed by atoms with Gasteiger partial charge in [0.15, 0.2) is 11.5 Å². The molecule has 0 aliphatic carbocycles. The molecule has 0 spiro atoms. The van der Waals surface area contributed by atoms with Gasteiger partial charge in [0.1, 0.15) is 5.56 Å². The molecule has 0 amide bonds. The summed E-state index contributed by atoms with van der Waals surface area (Å²) in [6.07, 6.45) is 1.76. The molecule has 0 aliphatic heterocycles. The zero-order valence-electron chi connectivity index (χ0n) is 11.2. The zero-order valence-corrected chi connectivity index (χ0v) is 11.2. The van der Waals surface area contributed by atoms with Crippen LogP contribution in [0.25, 0.3) is 17.0 Å². The summed E-state index contributed by atoms with van der Waals surface area (Å²) in [5, 5.41) is 4.40. The molecule has 3 aromatic rings. The van der Waals surface area contributed by atoms with Gasteiger partial charge in [0, 0.05) is 11.8 Å². The van der Waals surface area contributed by atoms with Crippen molar-refractivity contribution in [3.05, 3.63) is 53.7 Å². The number of carbonyl (C=O) groups is 1. The Balaban J connectivity index is 2.18. The average Bonchev–Trinajstić information content (AvgIpc) is 2.90. The van der Waals surface area contributed by atoms with Crippen LogP contribution in [-0.2, 0) is 4.74 Å². The fraction of sp³-hybridized carbons (Fsp3) is 0.133. The molecule has 0 N–H and O–H groups in total. The highest BCUT2D eigenvalue weighted by molar-refractivity contribution is 5.95. The van der Waals surface area contributed by atoms with Crippen molar-refractivity contribution >= 4 is 11.6 Å². The van der Waals surface area contributed by atoms with Crippen molar-refractivity contribution in [2.24, 2.45) is 0 Å². The topological polar surface area (TPSA) is 56.5 Å². The maximum atomic E-state index is 11.7. The van der Waals surface area contributed by atoms with Gasteiger partial charge in [0.25, 0.3) is 0 Å². The van der Waals surface area contributed by atoms with E-state index in [2.05, 4.69) is 10.1 Å². The molecule has 0 aliphatic rings. The summed E-state index contributed by atoms with van der Waals surface area (Å²) in [5.41, 5.74) is 2.95. The minimum absolute atomic E-state index is 0.404. The summed E-state index contributed by atoms with van der Waals surface area (Å²) in [6.45, 7) is 2.01. The first kappa shape index (κ1) is 12.3. The van der Waals surface area contributed by atoms with Gasteiger partial charge < -0.3 is 4.74 Å². The molecule has 0 bridgehead atoms. The Hall–Kier alpha value is -2.69. The Bertz CT molecular complexity index is 793. The van der Waals surface area contributed by atoms with Gasteiger partial charge in [0.2, 0.25) is 0 Å². The molecule has 0 saturated carbocycles. The third kappa shape index (κ3) is 2.03. The van der Waals surface area contributed by atoms with E-state index in [1.807, 2.05) is 31.2 Å². The molecule has 5 nitrogen and oxygen atoms in total. The van der Waals surface area contributed by atoms with Crippen molar-refractivity contribution in [2.45, 2.75) is 6.92 Å². The quantitative estimate of drug-likeness (QED) is 0.669. The number of pyridine rings is 1. The van der Waals surface area contributed by atoms with E-state index in [-0.39, 0.29) is 0 Å². The van der Waals surface area contributed by atoms with Crippen molar-refractivity contribution in [1.82, 2.24) is 14.6 Å². The zero-order chi connectivity index (χ0) is 14.1. The monoisotopic (exact) mass is 267 g/mol. The van der Waals surface area contributed by atoms with E-state index in [1.54, 1.807) is 22.8 Å². The molecule has 100 valence electrons. The Morgan fingerprint density at radius 1 is 1.25 bits per heavy atom. The molecule has 0 saturated heterocycles. The lowest BCUT2D eigenvalue weighted by Gasteiger charge is -1.99. The third-order valence-corrected chi connectivity index (χ3v) is 3.04. The summed E-state index contributed by atoms with van der Waals surface area (Å²) in [6, 6.07) is 11.3. The summed E-state index contributed by atoms with van der Waals surface area (Å²) in [5.74, 6) is 0.170. The molecule has 1 aromatic carbocycles. The standard InChI is InChI=1S/C15H13N3O2/c1-10-5-3-6-11(9-10)13-16-14-12(15(19)20-2)7-4-8-18(14)17-13/h3-9H,1-2H3. The van der Waals surface area contributed by atoms with E-state index in [1.165, 1.54) is 7.11 Å². The first-order valence-electron chi connectivity index (χ1n) is 6.20. The maximum absolute atomic E-state index is 11.7. The van der Waals surface area contributed by atoms with Crippen LogP contribution in [-0.4, -0.2) is 27.7 Å². The van der Waals surface area contributed by atoms with E-state index >= 15 is 0 Å². The van der Waals surface area contributed by atoms with Gasteiger partial charge in [-0.1, -0.05) is 23.8 Å². The lowest BCUT2D eigenvalue weighted by molar-refractivity contribution is 0.0602. The van der Waals surface area contributed by atoms with Gasteiger partial charge in [-0.2, -0.15) is 0 Å². The molecule has 0 fully saturated rings. The van der Waals surface area contributed by atoms with Crippen LogP contribution in [0.5, 0.6) is 0 Å². The first-order chi connectivity index (χ1) is 9.69. The lowest BCUT2D eigenvalue weighted by Crippen LogP contribution is -2.04. The Morgan fingerprint density at radius 2 is 2.10 bits per heavy atom. The average molecular weight is 267 g/mol. The summed E-state index contributed by atoms with van der Waals surface area (Å²) in [7, 11) is 1.35. The van der Waals surface area contributed by atoms with Gasteiger partial charge in [-0.25, -0.2) is 14.3 Å². The van der Waals surface area contributed by atoms with Crippen LogP contribution < -0.4 is 0 Å². The molecule has 0 unspecified atom stereocenters. The van der Waals surface area contributed by atoms with Gasteiger partial charge in [-0.05, 0) is 25.1 Å². The molecule has 2 aromatic heterocycles. The number of aromatic nitrogens is 3. The number of aryl methyl sites for hydroxylation is 1. The number of methoxy groups -OCH3 is 1. The predicted molar refractivity (Wildman–Crippen MR) is 74.5 cm³/mol. The van der Waals surface area contributed by atoms with Gasteiger partial charge in [-0.3, -0.25) is 0 Å². The molecule has 20 heavy (non-hydrogen) atoms. The van der Waals surface area contributed by atoms with Crippen LogP contribution >= 0.6 is 0 Å². The van der Waals surface area contributed by atoms with Crippen molar-refractivity contribution < 1.29 is 9.53 Å². The number of rotatable bonds is 2. The molecule has 5 heteroatoms. The number of carbonyl (C=O) groups excluding carboxylic acids is 1. The third-order valence-electron chi connectivity index (χ3n) is 3.04. The number of nitrogens with zero attached hydrogens (tertiary/aromatic N) is 3. The Kier molecular flexibility index (Phi) is 2.95. The van der Waals surface area contributed by atoms with Crippen molar-refractivity contribution in [3.8, 4) is 11.4 Å². The summed E-state index contributed by atoms with van der Waals surface area (Å²) < 4.78 is 6.35. The Labute approximate surface area is 115 Å². The van der Waals surface area contributed by atoms with Crippen LogP contribution in [0, 0.1) is 6.92 Å². The minimum Gasteiger partial charge on any atom is -0.465 e. The molecule has 2 heterocycles. The second kappa shape index (κ2) is 4.77. The summed E-state index contributed by atoms with van der Waals surface area (Å²) >= 11 is 0. The van der Waals surface area contributed by atoms with Gasteiger partial charge in [-0.15, -0.1) is 5.10 Å². The van der Waals surface area contributed by atoms with Crippen LogP contribution in [0.4, 0.5) is 0 Å². The minimum atomic E-state index is -0.418. The first-order valence-corrected chi connectivity index (χ1v) is 6.20.